The summed E-state index contributed by atoms with van der Waals surface area (Å²) >= 11 is 0. The maximum absolute atomic E-state index is 13.3. The molecule has 0 spiro atoms. The molecule has 1 aliphatic rings. The van der Waals surface area contributed by atoms with Crippen LogP contribution in [0, 0.1) is 11.7 Å². The summed E-state index contributed by atoms with van der Waals surface area (Å²) in [5.41, 5.74) is 7.04. The molecule has 1 heterocycles. The molecule has 0 bridgehead atoms. The predicted octanol–water partition coefficient (Wildman–Crippen LogP) is 4.17. The summed E-state index contributed by atoms with van der Waals surface area (Å²) in [7, 11) is 1.71. The summed E-state index contributed by atoms with van der Waals surface area (Å²) in [6, 6.07) is 6.03. The molecule has 0 saturated heterocycles. The molecule has 1 aliphatic carbocycles. The maximum Gasteiger partial charge on any atom is 0.134 e. The van der Waals surface area contributed by atoms with Gasteiger partial charge in [-0.3, -0.25) is 0 Å². The van der Waals surface area contributed by atoms with Crippen LogP contribution >= 0.6 is 0 Å². The molecule has 4 heteroatoms. The van der Waals surface area contributed by atoms with Gasteiger partial charge in [-0.05, 0) is 43.0 Å². The fourth-order valence-corrected chi connectivity index (χ4v) is 3.46. The third kappa shape index (κ3) is 2.97. The van der Waals surface area contributed by atoms with Crippen molar-refractivity contribution < 1.29 is 13.5 Å². The van der Waals surface area contributed by atoms with E-state index in [0.29, 0.717) is 17.3 Å². The van der Waals surface area contributed by atoms with Crippen molar-refractivity contribution in [3.8, 4) is 0 Å². The minimum Gasteiger partial charge on any atom is -0.459 e. The van der Waals surface area contributed by atoms with E-state index < -0.39 is 0 Å². The Balaban J connectivity index is 1.84. The Labute approximate surface area is 124 Å². The second-order valence-electron chi connectivity index (χ2n) is 5.96. The lowest BCUT2D eigenvalue weighted by Crippen LogP contribution is -2.35. The molecule has 1 aromatic heterocycles. The van der Waals surface area contributed by atoms with E-state index >= 15 is 0 Å². The molecule has 0 aliphatic heterocycles. The van der Waals surface area contributed by atoms with Gasteiger partial charge in [0.2, 0.25) is 0 Å². The number of nitrogens with two attached hydrogens (primary N) is 1. The lowest BCUT2D eigenvalue weighted by atomic mass is 9.82. The molecule has 0 amide bonds. The number of hydrogen-bond donors (Lipinski definition) is 1. The maximum atomic E-state index is 13.3. The summed E-state index contributed by atoms with van der Waals surface area (Å²) in [5, 5.41) is 0.749. The van der Waals surface area contributed by atoms with E-state index in [1.54, 1.807) is 13.2 Å². The average molecular weight is 291 g/mol. The normalized spacial score (nSPS) is 19.8. The summed E-state index contributed by atoms with van der Waals surface area (Å²) in [6.45, 7) is 0. The van der Waals surface area contributed by atoms with Gasteiger partial charge in [-0.2, -0.15) is 0 Å². The minimum absolute atomic E-state index is 0.0456. The van der Waals surface area contributed by atoms with E-state index in [-0.39, 0.29) is 18.0 Å². The molecule has 2 aromatic rings. The number of methoxy groups -OCH3 is 1. The molecule has 1 aromatic carbocycles. The van der Waals surface area contributed by atoms with Crippen LogP contribution in [-0.4, -0.2) is 13.2 Å². The highest BCUT2D eigenvalue weighted by atomic mass is 19.1. The zero-order valence-electron chi connectivity index (χ0n) is 12.3. The van der Waals surface area contributed by atoms with Gasteiger partial charge >= 0.3 is 0 Å². The van der Waals surface area contributed by atoms with Crippen LogP contribution in [0.25, 0.3) is 11.0 Å². The van der Waals surface area contributed by atoms with Crippen molar-refractivity contribution in [2.75, 3.05) is 7.11 Å². The van der Waals surface area contributed by atoms with Gasteiger partial charge in [-0.15, -0.1) is 0 Å². The molecule has 1 saturated carbocycles. The van der Waals surface area contributed by atoms with E-state index in [0.717, 1.165) is 18.2 Å². The summed E-state index contributed by atoms with van der Waals surface area (Å²) < 4.78 is 24.7. The van der Waals surface area contributed by atoms with Crippen LogP contribution < -0.4 is 5.73 Å². The van der Waals surface area contributed by atoms with E-state index in [1.807, 2.05) is 6.07 Å². The van der Waals surface area contributed by atoms with Crippen LogP contribution in [0.4, 0.5) is 4.39 Å². The van der Waals surface area contributed by atoms with Gasteiger partial charge in [0.15, 0.2) is 0 Å². The van der Waals surface area contributed by atoms with Gasteiger partial charge in [0.05, 0.1) is 12.1 Å². The Morgan fingerprint density at radius 1 is 1.24 bits per heavy atom. The molecular weight excluding hydrogens is 269 g/mol. The standard InChI is InChI=1S/C17H22FNO2/c1-20-17(11-5-3-2-4-6-11)16(19)15-10-12-9-13(18)7-8-14(12)21-15/h7-11,16-17H,2-6,19H2,1H3. The predicted molar refractivity (Wildman–Crippen MR) is 80.5 cm³/mol. The smallest absolute Gasteiger partial charge is 0.134 e. The first-order chi connectivity index (χ1) is 10.2. The number of halogens is 1. The Morgan fingerprint density at radius 2 is 2.00 bits per heavy atom. The number of rotatable bonds is 4. The van der Waals surface area contributed by atoms with E-state index in [2.05, 4.69) is 0 Å². The average Bonchev–Trinajstić information content (AvgIpc) is 2.92. The van der Waals surface area contributed by atoms with E-state index in [4.69, 9.17) is 14.9 Å². The van der Waals surface area contributed by atoms with Gasteiger partial charge < -0.3 is 14.9 Å². The molecule has 0 radical (unpaired) electrons. The van der Waals surface area contributed by atoms with Crippen molar-refractivity contribution in [2.24, 2.45) is 11.7 Å². The molecule has 2 atom stereocenters. The lowest BCUT2D eigenvalue weighted by molar-refractivity contribution is 0.0129. The lowest BCUT2D eigenvalue weighted by Gasteiger charge is -2.32. The number of fused-ring (bicyclic) bond motifs is 1. The van der Waals surface area contributed by atoms with Crippen LogP contribution in [0.5, 0.6) is 0 Å². The van der Waals surface area contributed by atoms with Crippen molar-refractivity contribution >= 4 is 11.0 Å². The summed E-state index contributed by atoms with van der Waals surface area (Å²) in [5.74, 6) is 0.885. The Kier molecular flexibility index (Phi) is 4.27. The van der Waals surface area contributed by atoms with Crippen molar-refractivity contribution in [3.05, 3.63) is 35.8 Å². The van der Waals surface area contributed by atoms with Gasteiger partial charge in [0, 0.05) is 12.5 Å². The summed E-state index contributed by atoms with van der Waals surface area (Å²) in [4.78, 5) is 0. The van der Waals surface area contributed by atoms with Gasteiger partial charge in [-0.25, -0.2) is 4.39 Å². The summed E-state index contributed by atoms with van der Waals surface area (Å²) in [6.07, 6.45) is 6.04. The first kappa shape index (κ1) is 14.5. The highest BCUT2D eigenvalue weighted by Gasteiger charge is 2.31. The van der Waals surface area contributed by atoms with E-state index in [1.165, 1.54) is 31.4 Å². The van der Waals surface area contributed by atoms with E-state index in [9.17, 15) is 4.39 Å². The van der Waals surface area contributed by atoms with Gasteiger partial charge in [0.1, 0.15) is 17.2 Å². The third-order valence-electron chi connectivity index (χ3n) is 4.57. The van der Waals surface area contributed by atoms with Crippen LogP contribution in [-0.2, 0) is 4.74 Å². The quantitative estimate of drug-likeness (QED) is 0.919. The van der Waals surface area contributed by atoms with Crippen LogP contribution in [0.3, 0.4) is 0 Å². The van der Waals surface area contributed by atoms with Crippen molar-refractivity contribution in [3.63, 3.8) is 0 Å². The monoisotopic (exact) mass is 291 g/mol. The SMILES string of the molecule is COC(C1CCCCC1)C(N)c1cc2cc(F)ccc2o1. The van der Waals surface area contributed by atoms with Gasteiger partial charge in [-0.1, -0.05) is 19.3 Å². The van der Waals surface area contributed by atoms with Crippen molar-refractivity contribution in [2.45, 2.75) is 44.2 Å². The first-order valence-electron chi connectivity index (χ1n) is 7.66. The zero-order valence-corrected chi connectivity index (χ0v) is 12.3. The number of ether oxygens (including phenoxy) is 1. The molecule has 1 fully saturated rings. The molecule has 21 heavy (non-hydrogen) atoms. The third-order valence-corrected chi connectivity index (χ3v) is 4.57. The van der Waals surface area contributed by atoms with Crippen LogP contribution in [0.2, 0.25) is 0 Å². The number of hydrogen-bond acceptors (Lipinski definition) is 3. The molecule has 114 valence electrons. The highest BCUT2D eigenvalue weighted by Crippen LogP contribution is 2.34. The Hall–Kier alpha value is -1.39. The van der Waals surface area contributed by atoms with Crippen LogP contribution in [0.1, 0.15) is 43.9 Å². The highest BCUT2D eigenvalue weighted by molar-refractivity contribution is 5.78. The second kappa shape index (κ2) is 6.16. The fraction of sp³-hybridized carbons (Fsp3) is 0.529. The molecule has 3 rings (SSSR count). The van der Waals surface area contributed by atoms with Crippen LogP contribution in [0.15, 0.2) is 28.7 Å². The second-order valence-corrected chi connectivity index (χ2v) is 5.96. The van der Waals surface area contributed by atoms with Crippen molar-refractivity contribution in [1.29, 1.82) is 0 Å². The molecule has 2 N–H and O–H groups in total. The Bertz CT molecular complexity index is 604. The van der Waals surface area contributed by atoms with Gasteiger partial charge in [0.25, 0.3) is 0 Å². The molecular formula is C17H22FNO2. The fourth-order valence-electron chi connectivity index (χ4n) is 3.46. The molecule has 3 nitrogen and oxygen atoms in total. The molecule has 2 unspecified atom stereocenters. The number of furan rings is 1. The largest absolute Gasteiger partial charge is 0.459 e. The zero-order chi connectivity index (χ0) is 14.8. The topological polar surface area (TPSA) is 48.4 Å². The van der Waals surface area contributed by atoms with Crippen molar-refractivity contribution in [1.82, 2.24) is 0 Å². The first-order valence-corrected chi connectivity index (χ1v) is 7.66. The Morgan fingerprint density at radius 3 is 2.71 bits per heavy atom. The number of benzene rings is 1. The minimum atomic E-state index is -0.312.